The van der Waals surface area contributed by atoms with Crippen LogP contribution < -0.4 is 0 Å². The molecular weight excluding hydrogens is 262 g/mol. The summed E-state index contributed by atoms with van der Waals surface area (Å²) in [5.74, 6) is -0.734. The summed E-state index contributed by atoms with van der Waals surface area (Å²) in [7, 11) is -1.17. The molecule has 0 aliphatic heterocycles. The van der Waals surface area contributed by atoms with Crippen LogP contribution in [0.15, 0.2) is 47.5 Å². The number of carbonyl (C=O) groups is 1. The van der Waals surface area contributed by atoms with E-state index in [-0.39, 0.29) is 11.3 Å². The highest BCUT2D eigenvalue weighted by molar-refractivity contribution is 7.84. The molecule has 4 nitrogen and oxygen atoms in total. The lowest BCUT2D eigenvalue weighted by Gasteiger charge is -2.03. The third kappa shape index (κ3) is 3.48. The number of hydrogen-bond acceptors (Lipinski definition) is 3. The molecule has 2 aromatic rings. The van der Waals surface area contributed by atoms with Crippen molar-refractivity contribution in [2.24, 2.45) is 0 Å². The fraction of sp³-hybridized carbons (Fsp3) is 0.143. The van der Waals surface area contributed by atoms with Crippen molar-refractivity contribution in [2.75, 3.05) is 0 Å². The maximum atomic E-state index is 12.1. The number of hydrogen-bond donors (Lipinski definition) is 1. The molecule has 0 aliphatic rings. The molecular formula is C14H13NO3S. The molecule has 1 aromatic carbocycles. The van der Waals surface area contributed by atoms with E-state index >= 15 is 0 Å². The van der Waals surface area contributed by atoms with Gasteiger partial charge in [-0.3, -0.25) is 9.19 Å². The van der Waals surface area contributed by atoms with Crippen molar-refractivity contribution in [3.63, 3.8) is 0 Å². The summed E-state index contributed by atoms with van der Waals surface area (Å²) in [5, 5.41) is 8.76. The summed E-state index contributed by atoms with van der Waals surface area (Å²) >= 11 is 0. The zero-order valence-corrected chi connectivity index (χ0v) is 11.2. The Morgan fingerprint density at radius 2 is 1.89 bits per heavy atom. The standard InChI is InChI=1S/C14H13NO3S/c1-10-2-6-13(7-3-10)19(18)9-12-5-4-11(8-15-12)14(16)17/h2-8H,9H2,1H3,(H,16,17). The summed E-state index contributed by atoms with van der Waals surface area (Å²) in [6, 6.07) is 10.5. The first-order valence-electron chi connectivity index (χ1n) is 5.69. The molecule has 98 valence electrons. The van der Waals surface area contributed by atoms with E-state index in [0.717, 1.165) is 10.5 Å². The van der Waals surface area contributed by atoms with Gasteiger partial charge in [-0.25, -0.2) is 4.79 Å². The van der Waals surface area contributed by atoms with Crippen LogP contribution in [0.4, 0.5) is 0 Å². The predicted octanol–water partition coefficient (Wildman–Crippen LogP) is 2.40. The molecule has 0 saturated carbocycles. The summed E-state index contributed by atoms with van der Waals surface area (Å²) in [6.45, 7) is 1.97. The van der Waals surface area contributed by atoms with Crippen LogP contribution >= 0.6 is 0 Å². The van der Waals surface area contributed by atoms with Gasteiger partial charge in [0.15, 0.2) is 0 Å². The molecule has 0 fully saturated rings. The third-order valence-corrected chi connectivity index (χ3v) is 3.99. The topological polar surface area (TPSA) is 67.3 Å². The van der Waals surface area contributed by atoms with Gasteiger partial charge in [0.1, 0.15) is 0 Å². The molecule has 0 radical (unpaired) electrons. The number of benzene rings is 1. The predicted molar refractivity (Wildman–Crippen MR) is 72.5 cm³/mol. The Morgan fingerprint density at radius 1 is 1.21 bits per heavy atom. The number of carboxylic acid groups (broad SMARTS) is 1. The van der Waals surface area contributed by atoms with Crippen molar-refractivity contribution >= 4 is 16.8 Å². The summed E-state index contributed by atoms with van der Waals surface area (Å²) in [4.78, 5) is 15.4. The molecule has 19 heavy (non-hydrogen) atoms. The Hall–Kier alpha value is -2.01. The first-order valence-corrected chi connectivity index (χ1v) is 7.01. The highest BCUT2D eigenvalue weighted by atomic mass is 32.2. The fourth-order valence-corrected chi connectivity index (χ4v) is 2.59. The van der Waals surface area contributed by atoms with Crippen LogP contribution in [0, 0.1) is 6.92 Å². The van der Waals surface area contributed by atoms with E-state index in [1.807, 2.05) is 31.2 Å². The number of aromatic nitrogens is 1. The van der Waals surface area contributed by atoms with Gasteiger partial charge >= 0.3 is 5.97 Å². The quantitative estimate of drug-likeness (QED) is 0.930. The fourth-order valence-electron chi connectivity index (χ4n) is 1.54. The van der Waals surface area contributed by atoms with Gasteiger partial charge in [-0.15, -0.1) is 0 Å². The van der Waals surface area contributed by atoms with E-state index in [1.54, 1.807) is 6.07 Å². The van der Waals surface area contributed by atoms with E-state index in [0.29, 0.717) is 5.69 Å². The van der Waals surface area contributed by atoms with Crippen LogP contribution in [0.25, 0.3) is 0 Å². The Morgan fingerprint density at radius 3 is 2.42 bits per heavy atom. The lowest BCUT2D eigenvalue weighted by Crippen LogP contribution is -2.02. The average Bonchev–Trinajstić information content (AvgIpc) is 2.40. The van der Waals surface area contributed by atoms with Gasteiger partial charge in [0.05, 0.1) is 27.8 Å². The molecule has 1 heterocycles. The zero-order valence-electron chi connectivity index (χ0n) is 10.4. The van der Waals surface area contributed by atoms with Crippen LogP contribution in [0.2, 0.25) is 0 Å². The molecule has 1 unspecified atom stereocenters. The van der Waals surface area contributed by atoms with E-state index in [2.05, 4.69) is 4.98 Å². The monoisotopic (exact) mass is 275 g/mol. The number of pyridine rings is 1. The molecule has 1 N–H and O–H groups in total. The molecule has 0 amide bonds. The molecule has 0 spiro atoms. The maximum Gasteiger partial charge on any atom is 0.337 e. The van der Waals surface area contributed by atoms with Gasteiger partial charge in [0.25, 0.3) is 0 Å². The molecule has 5 heteroatoms. The van der Waals surface area contributed by atoms with E-state index in [4.69, 9.17) is 5.11 Å². The molecule has 1 atom stereocenters. The summed E-state index contributed by atoms with van der Waals surface area (Å²) in [6.07, 6.45) is 1.28. The number of aryl methyl sites for hydroxylation is 1. The van der Waals surface area contributed by atoms with E-state index < -0.39 is 16.8 Å². The molecule has 2 rings (SSSR count). The lowest BCUT2D eigenvalue weighted by molar-refractivity contribution is 0.0696. The molecule has 0 aliphatic carbocycles. The number of nitrogens with zero attached hydrogens (tertiary/aromatic N) is 1. The first kappa shape index (κ1) is 13.4. The Balaban J connectivity index is 2.10. The van der Waals surface area contributed by atoms with Crippen molar-refractivity contribution in [2.45, 2.75) is 17.6 Å². The van der Waals surface area contributed by atoms with Crippen molar-refractivity contribution in [1.29, 1.82) is 0 Å². The van der Waals surface area contributed by atoms with Gasteiger partial charge in [-0.1, -0.05) is 17.7 Å². The molecule has 0 bridgehead atoms. The number of rotatable bonds is 4. The van der Waals surface area contributed by atoms with Crippen molar-refractivity contribution in [1.82, 2.24) is 4.98 Å². The average molecular weight is 275 g/mol. The minimum atomic E-state index is -1.17. The lowest BCUT2D eigenvalue weighted by atomic mass is 10.2. The highest BCUT2D eigenvalue weighted by Crippen LogP contribution is 2.12. The zero-order chi connectivity index (χ0) is 13.8. The minimum Gasteiger partial charge on any atom is -0.478 e. The van der Waals surface area contributed by atoms with Gasteiger partial charge in [-0.05, 0) is 31.2 Å². The van der Waals surface area contributed by atoms with Crippen molar-refractivity contribution in [3.8, 4) is 0 Å². The van der Waals surface area contributed by atoms with Gasteiger partial charge in [0.2, 0.25) is 0 Å². The largest absolute Gasteiger partial charge is 0.478 e. The van der Waals surface area contributed by atoms with E-state index in [9.17, 15) is 9.00 Å². The second-order valence-corrected chi connectivity index (χ2v) is 5.60. The first-order chi connectivity index (χ1) is 9.06. The second-order valence-electron chi connectivity index (χ2n) is 4.15. The van der Waals surface area contributed by atoms with Crippen LogP contribution in [0.5, 0.6) is 0 Å². The maximum absolute atomic E-state index is 12.1. The van der Waals surface area contributed by atoms with Crippen LogP contribution in [-0.4, -0.2) is 20.3 Å². The normalized spacial score (nSPS) is 12.1. The summed E-state index contributed by atoms with van der Waals surface area (Å²) < 4.78 is 12.1. The minimum absolute atomic E-state index is 0.130. The van der Waals surface area contributed by atoms with Crippen molar-refractivity contribution < 1.29 is 14.1 Å². The molecule has 1 aromatic heterocycles. The van der Waals surface area contributed by atoms with Crippen LogP contribution in [-0.2, 0) is 16.6 Å². The smallest absolute Gasteiger partial charge is 0.337 e. The Labute approximate surface area is 113 Å². The van der Waals surface area contributed by atoms with Gasteiger partial charge in [-0.2, -0.15) is 0 Å². The second kappa shape index (κ2) is 5.75. The van der Waals surface area contributed by atoms with Gasteiger partial charge < -0.3 is 5.11 Å². The molecule has 0 saturated heterocycles. The Kier molecular flexibility index (Phi) is 4.06. The SMILES string of the molecule is Cc1ccc(S(=O)Cc2ccc(C(=O)O)cn2)cc1. The highest BCUT2D eigenvalue weighted by Gasteiger charge is 2.07. The van der Waals surface area contributed by atoms with Crippen LogP contribution in [0.3, 0.4) is 0 Å². The Bertz CT molecular complexity index is 606. The van der Waals surface area contributed by atoms with Gasteiger partial charge in [0, 0.05) is 11.1 Å². The van der Waals surface area contributed by atoms with Crippen molar-refractivity contribution in [3.05, 3.63) is 59.4 Å². The van der Waals surface area contributed by atoms with Crippen LogP contribution in [0.1, 0.15) is 21.6 Å². The van der Waals surface area contributed by atoms with E-state index in [1.165, 1.54) is 12.3 Å². The summed E-state index contributed by atoms with van der Waals surface area (Å²) in [5.41, 5.74) is 1.86. The number of carboxylic acids is 1. The third-order valence-electron chi connectivity index (χ3n) is 2.63. The number of aromatic carboxylic acids is 1.